The van der Waals surface area contributed by atoms with Crippen molar-refractivity contribution in [3.05, 3.63) is 59.7 Å². The molecule has 0 unspecified atom stereocenters. The molecular weight excluding hydrogens is 240 g/mol. The van der Waals surface area contributed by atoms with E-state index in [4.69, 9.17) is 11.8 Å². The van der Waals surface area contributed by atoms with Crippen LogP contribution in [0.2, 0.25) is 0 Å². The van der Waals surface area contributed by atoms with E-state index in [1.165, 1.54) is 11.1 Å². The van der Waals surface area contributed by atoms with E-state index in [1.54, 1.807) is 0 Å². The van der Waals surface area contributed by atoms with Crippen LogP contribution in [0.4, 0.5) is 0 Å². The summed E-state index contributed by atoms with van der Waals surface area (Å²) in [7, 11) is 0. The largest absolute Gasteiger partial charge is 0.412 e. The van der Waals surface area contributed by atoms with E-state index in [-0.39, 0.29) is 5.41 Å². The quantitative estimate of drug-likeness (QED) is 0.827. The molecule has 0 spiro atoms. The molecular formula is C15H18N2O2. The van der Waals surface area contributed by atoms with Gasteiger partial charge in [-0.2, -0.15) is 11.8 Å². The molecule has 0 fully saturated rings. The van der Waals surface area contributed by atoms with Crippen LogP contribution in [0.3, 0.4) is 0 Å². The number of hydrogen-bond acceptors (Lipinski definition) is 4. The Kier molecular flexibility index (Phi) is 3.74. The third kappa shape index (κ3) is 2.70. The van der Waals surface area contributed by atoms with Gasteiger partial charge in [0.25, 0.3) is 0 Å². The molecule has 0 aliphatic heterocycles. The predicted octanol–water partition coefficient (Wildman–Crippen LogP) is 2.52. The maximum Gasteiger partial charge on any atom is 0.146 e. The van der Waals surface area contributed by atoms with Crippen molar-refractivity contribution in [1.82, 2.24) is 0 Å². The minimum atomic E-state index is -0.125. The van der Waals surface area contributed by atoms with Crippen molar-refractivity contribution in [2.45, 2.75) is 19.3 Å². The third-order valence-corrected chi connectivity index (χ3v) is 3.42. The average Bonchev–Trinajstić information content (AvgIpc) is 2.47. The fourth-order valence-corrected chi connectivity index (χ4v) is 2.07. The van der Waals surface area contributed by atoms with Gasteiger partial charge in [-0.3, -0.25) is 0 Å². The number of benzene rings is 2. The minimum absolute atomic E-state index is 0.125. The summed E-state index contributed by atoms with van der Waals surface area (Å²) in [5.41, 5.74) is 2.23. The first-order valence-corrected chi connectivity index (χ1v) is 6.02. The standard InChI is InChI=1S/C15H18N2O2/c1-15(2,11-3-7-13(18-16)8-4-11)12-5-9-14(19-17)10-6-12/h3-10H,16-17H2,1-2H3. The summed E-state index contributed by atoms with van der Waals surface area (Å²) < 4.78 is 0. The van der Waals surface area contributed by atoms with Crippen LogP contribution < -0.4 is 21.5 Å². The van der Waals surface area contributed by atoms with Crippen molar-refractivity contribution in [1.29, 1.82) is 0 Å². The molecule has 0 atom stereocenters. The topological polar surface area (TPSA) is 70.5 Å². The van der Waals surface area contributed by atoms with Gasteiger partial charge in [0.2, 0.25) is 0 Å². The highest BCUT2D eigenvalue weighted by molar-refractivity contribution is 5.41. The van der Waals surface area contributed by atoms with E-state index in [1.807, 2.05) is 48.5 Å². The third-order valence-electron chi connectivity index (χ3n) is 3.42. The van der Waals surface area contributed by atoms with Crippen LogP contribution in [0, 0.1) is 0 Å². The zero-order valence-corrected chi connectivity index (χ0v) is 11.1. The second-order valence-corrected chi connectivity index (χ2v) is 4.91. The molecule has 0 saturated carbocycles. The molecule has 100 valence electrons. The van der Waals surface area contributed by atoms with Gasteiger partial charge in [-0.25, -0.2) is 0 Å². The molecule has 0 saturated heterocycles. The highest BCUT2D eigenvalue weighted by atomic mass is 16.6. The van der Waals surface area contributed by atoms with Crippen LogP contribution in [-0.4, -0.2) is 0 Å². The molecule has 0 aliphatic rings. The smallest absolute Gasteiger partial charge is 0.146 e. The molecule has 0 bridgehead atoms. The fourth-order valence-electron chi connectivity index (χ4n) is 2.07. The molecule has 0 aromatic heterocycles. The molecule has 2 aromatic carbocycles. The molecule has 0 amide bonds. The van der Waals surface area contributed by atoms with Crippen molar-refractivity contribution < 1.29 is 9.68 Å². The van der Waals surface area contributed by atoms with Gasteiger partial charge >= 0.3 is 0 Å². The van der Waals surface area contributed by atoms with E-state index in [2.05, 4.69) is 23.5 Å². The van der Waals surface area contributed by atoms with E-state index in [0.29, 0.717) is 11.5 Å². The summed E-state index contributed by atoms with van der Waals surface area (Å²) >= 11 is 0. The Morgan fingerprint density at radius 1 is 0.684 bits per heavy atom. The zero-order chi connectivity index (χ0) is 13.9. The van der Waals surface area contributed by atoms with Crippen LogP contribution in [0.25, 0.3) is 0 Å². The van der Waals surface area contributed by atoms with Crippen LogP contribution in [0.15, 0.2) is 48.5 Å². The molecule has 19 heavy (non-hydrogen) atoms. The predicted molar refractivity (Wildman–Crippen MR) is 74.6 cm³/mol. The molecule has 0 heterocycles. The van der Waals surface area contributed by atoms with Gasteiger partial charge in [0.05, 0.1) is 0 Å². The van der Waals surface area contributed by atoms with E-state index >= 15 is 0 Å². The summed E-state index contributed by atoms with van der Waals surface area (Å²) in [4.78, 5) is 9.37. The second kappa shape index (κ2) is 5.30. The summed E-state index contributed by atoms with van der Waals surface area (Å²) in [5.74, 6) is 11.5. The van der Waals surface area contributed by atoms with Gasteiger partial charge in [0, 0.05) is 5.41 Å². The maximum atomic E-state index is 5.13. The summed E-state index contributed by atoms with van der Waals surface area (Å²) in [6, 6.07) is 15.5. The van der Waals surface area contributed by atoms with Gasteiger partial charge in [-0.1, -0.05) is 38.1 Å². The van der Waals surface area contributed by atoms with Crippen molar-refractivity contribution in [3.63, 3.8) is 0 Å². The lowest BCUT2D eigenvalue weighted by Gasteiger charge is -2.26. The first-order chi connectivity index (χ1) is 9.07. The summed E-state index contributed by atoms with van der Waals surface area (Å²) in [5, 5.41) is 0. The van der Waals surface area contributed by atoms with Crippen LogP contribution >= 0.6 is 0 Å². The maximum absolute atomic E-state index is 5.13. The normalized spacial score (nSPS) is 11.2. The Labute approximate surface area is 112 Å². The SMILES string of the molecule is CC(C)(c1ccc(ON)cc1)c1ccc(ON)cc1. The Hall–Kier alpha value is -2.04. The highest BCUT2D eigenvalue weighted by Crippen LogP contribution is 2.33. The first kappa shape index (κ1) is 13.4. The van der Waals surface area contributed by atoms with Crippen molar-refractivity contribution >= 4 is 0 Å². The van der Waals surface area contributed by atoms with Crippen molar-refractivity contribution in [3.8, 4) is 11.5 Å². The highest BCUT2D eigenvalue weighted by Gasteiger charge is 2.23. The Morgan fingerprint density at radius 2 is 1.00 bits per heavy atom. The lowest BCUT2D eigenvalue weighted by Crippen LogP contribution is -2.19. The average molecular weight is 258 g/mol. The first-order valence-electron chi connectivity index (χ1n) is 6.02. The van der Waals surface area contributed by atoms with E-state index < -0.39 is 0 Å². The van der Waals surface area contributed by atoms with E-state index in [0.717, 1.165) is 0 Å². The Balaban J connectivity index is 2.33. The van der Waals surface area contributed by atoms with Gasteiger partial charge in [-0.15, -0.1) is 0 Å². The van der Waals surface area contributed by atoms with Crippen molar-refractivity contribution in [2.24, 2.45) is 11.8 Å². The summed E-state index contributed by atoms with van der Waals surface area (Å²) in [6.45, 7) is 4.31. The van der Waals surface area contributed by atoms with Gasteiger partial charge in [0.15, 0.2) is 0 Å². The monoisotopic (exact) mass is 258 g/mol. The molecule has 4 heteroatoms. The van der Waals surface area contributed by atoms with Crippen LogP contribution in [0.1, 0.15) is 25.0 Å². The van der Waals surface area contributed by atoms with Gasteiger partial charge in [-0.05, 0) is 35.4 Å². The molecule has 2 rings (SSSR count). The minimum Gasteiger partial charge on any atom is -0.412 e. The van der Waals surface area contributed by atoms with Crippen molar-refractivity contribution in [2.75, 3.05) is 0 Å². The molecule has 0 aliphatic carbocycles. The van der Waals surface area contributed by atoms with Gasteiger partial charge in [0.1, 0.15) is 11.5 Å². The Bertz CT molecular complexity index is 484. The lowest BCUT2D eigenvalue weighted by molar-refractivity contribution is 0.334. The van der Waals surface area contributed by atoms with Crippen LogP contribution in [0.5, 0.6) is 11.5 Å². The Morgan fingerprint density at radius 3 is 1.26 bits per heavy atom. The molecule has 0 radical (unpaired) electrons. The van der Waals surface area contributed by atoms with E-state index in [9.17, 15) is 0 Å². The summed E-state index contributed by atoms with van der Waals surface area (Å²) in [6.07, 6.45) is 0. The fraction of sp³-hybridized carbons (Fsp3) is 0.200. The number of hydrogen-bond donors (Lipinski definition) is 2. The zero-order valence-electron chi connectivity index (χ0n) is 11.1. The number of rotatable bonds is 4. The number of nitrogens with two attached hydrogens (primary N) is 2. The van der Waals surface area contributed by atoms with Gasteiger partial charge < -0.3 is 9.68 Å². The molecule has 2 aromatic rings. The lowest BCUT2D eigenvalue weighted by atomic mass is 9.78. The second-order valence-electron chi connectivity index (χ2n) is 4.91. The molecule has 4 N–H and O–H groups in total. The van der Waals surface area contributed by atoms with Crippen LogP contribution in [-0.2, 0) is 5.41 Å². The molecule has 4 nitrogen and oxygen atoms in total.